The summed E-state index contributed by atoms with van der Waals surface area (Å²) < 4.78 is 5.36. The van der Waals surface area contributed by atoms with Crippen LogP contribution in [0.25, 0.3) is 0 Å². The number of Topliss-reactive ketones (excluding diaryl/α,β-unsaturated/α-hetero) is 1. The lowest BCUT2D eigenvalue weighted by Crippen LogP contribution is -2.42. The molecule has 0 bridgehead atoms. The highest BCUT2D eigenvalue weighted by atomic mass is 16.5. The Morgan fingerprint density at radius 3 is 2.35 bits per heavy atom. The Balaban J connectivity index is 1.89. The average molecular weight is 350 g/mol. The van der Waals surface area contributed by atoms with E-state index >= 15 is 0 Å². The van der Waals surface area contributed by atoms with Crippen LogP contribution in [-0.2, 0) is 20.7 Å². The van der Waals surface area contributed by atoms with Crippen molar-refractivity contribution in [1.82, 2.24) is 0 Å². The first-order valence-corrected chi connectivity index (χ1v) is 9.45. The van der Waals surface area contributed by atoms with Crippen LogP contribution in [0.5, 0.6) is 0 Å². The number of esters is 1. The van der Waals surface area contributed by atoms with Crippen molar-refractivity contribution in [3.63, 3.8) is 0 Å². The lowest BCUT2D eigenvalue weighted by Gasteiger charge is -2.29. The predicted molar refractivity (Wildman–Crippen MR) is 102 cm³/mol. The molecule has 0 N–H and O–H groups in total. The fourth-order valence-corrected chi connectivity index (χ4v) is 4.00. The summed E-state index contributed by atoms with van der Waals surface area (Å²) in [4.78, 5) is 26.0. The average Bonchev–Trinajstić information content (AvgIpc) is 2.84. The van der Waals surface area contributed by atoms with Crippen LogP contribution in [0.2, 0.25) is 0 Å². The zero-order valence-corrected chi connectivity index (χ0v) is 15.3. The lowest BCUT2D eigenvalue weighted by atomic mass is 9.74. The van der Waals surface area contributed by atoms with Gasteiger partial charge in [0.2, 0.25) is 0 Å². The van der Waals surface area contributed by atoms with E-state index < -0.39 is 5.41 Å². The molecule has 3 nitrogen and oxygen atoms in total. The first kappa shape index (κ1) is 18.4. The molecule has 2 aromatic carbocycles. The van der Waals surface area contributed by atoms with Crippen molar-refractivity contribution in [1.29, 1.82) is 0 Å². The van der Waals surface area contributed by atoms with Gasteiger partial charge in [-0.3, -0.25) is 9.59 Å². The zero-order valence-electron chi connectivity index (χ0n) is 15.3. The van der Waals surface area contributed by atoms with E-state index in [0.717, 1.165) is 18.4 Å². The van der Waals surface area contributed by atoms with Gasteiger partial charge in [0.25, 0.3) is 0 Å². The van der Waals surface area contributed by atoms with Crippen molar-refractivity contribution in [2.75, 3.05) is 6.61 Å². The van der Waals surface area contributed by atoms with Crippen LogP contribution in [-0.4, -0.2) is 18.4 Å². The van der Waals surface area contributed by atoms with Crippen molar-refractivity contribution >= 4 is 11.8 Å². The van der Waals surface area contributed by atoms with Crippen molar-refractivity contribution in [2.24, 2.45) is 5.41 Å². The minimum atomic E-state index is -1.05. The first-order chi connectivity index (χ1) is 12.7. The predicted octanol–water partition coefficient (Wildman–Crippen LogP) is 4.71. The summed E-state index contributed by atoms with van der Waals surface area (Å²) >= 11 is 0. The van der Waals surface area contributed by atoms with Crippen LogP contribution in [0.15, 0.2) is 60.7 Å². The van der Waals surface area contributed by atoms with Crippen LogP contribution < -0.4 is 0 Å². The fourth-order valence-electron chi connectivity index (χ4n) is 4.00. The van der Waals surface area contributed by atoms with Crippen LogP contribution in [0.4, 0.5) is 0 Å². The molecule has 0 saturated heterocycles. The van der Waals surface area contributed by atoms with Gasteiger partial charge >= 0.3 is 5.97 Å². The second-order valence-corrected chi connectivity index (χ2v) is 7.07. The molecule has 0 spiro atoms. The van der Waals surface area contributed by atoms with Gasteiger partial charge in [-0.2, -0.15) is 0 Å². The Morgan fingerprint density at radius 2 is 1.69 bits per heavy atom. The maximum Gasteiger partial charge on any atom is 0.319 e. The van der Waals surface area contributed by atoms with E-state index in [1.807, 2.05) is 48.5 Å². The molecule has 0 aliphatic heterocycles. The number of carbonyl (C=O) groups excluding carboxylic acids is 2. The summed E-state index contributed by atoms with van der Waals surface area (Å²) in [6.45, 7) is 2.09. The summed E-state index contributed by atoms with van der Waals surface area (Å²) in [6.07, 6.45) is 3.00. The molecule has 136 valence electrons. The molecule has 0 heterocycles. The minimum Gasteiger partial charge on any atom is -0.465 e. The molecular formula is C23H26O3. The van der Waals surface area contributed by atoms with E-state index in [1.54, 1.807) is 6.92 Å². The van der Waals surface area contributed by atoms with E-state index in [0.29, 0.717) is 31.8 Å². The third-order valence-corrected chi connectivity index (χ3v) is 5.46. The molecule has 3 rings (SSSR count). The standard InChI is InChI=1S/C23H26O3/c1-2-26-22(25)23(17-18-9-5-3-6-10-18)16-15-20(13-14-21(23)24)19-11-7-4-8-12-19/h3-12,20H,2,13-17H2,1H3/t20-,23+/m1/s1. The summed E-state index contributed by atoms with van der Waals surface area (Å²) in [6, 6.07) is 20.1. The zero-order chi connectivity index (χ0) is 18.4. The van der Waals surface area contributed by atoms with Crippen molar-refractivity contribution in [3.8, 4) is 0 Å². The molecule has 2 atom stereocenters. The Morgan fingerprint density at radius 1 is 1.04 bits per heavy atom. The largest absolute Gasteiger partial charge is 0.465 e. The number of ether oxygens (including phenoxy) is 1. The minimum absolute atomic E-state index is 0.0261. The molecule has 0 amide bonds. The number of hydrogen-bond acceptors (Lipinski definition) is 3. The van der Waals surface area contributed by atoms with Gasteiger partial charge in [0, 0.05) is 6.42 Å². The van der Waals surface area contributed by atoms with E-state index in [2.05, 4.69) is 12.1 Å². The molecule has 2 aromatic rings. The van der Waals surface area contributed by atoms with Crippen LogP contribution in [0.3, 0.4) is 0 Å². The molecule has 26 heavy (non-hydrogen) atoms. The van der Waals surface area contributed by atoms with E-state index in [4.69, 9.17) is 4.74 Å². The van der Waals surface area contributed by atoms with Crippen molar-refractivity contribution in [3.05, 3.63) is 71.8 Å². The normalized spacial score (nSPS) is 23.3. The number of ketones is 1. The fraction of sp³-hybridized carbons (Fsp3) is 0.391. The third kappa shape index (κ3) is 3.87. The van der Waals surface area contributed by atoms with Gasteiger partial charge in [-0.15, -0.1) is 0 Å². The second-order valence-electron chi connectivity index (χ2n) is 7.07. The highest BCUT2D eigenvalue weighted by Crippen LogP contribution is 2.41. The third-order valence-electron chi connectivity index (χ3n) is 5.46. The summed E-state index contributed by atoms with van der Waals surface area (Å²) in [5, 5.41) is 0. The molecule has 3 heteroatoms. The Hall–Kier alpha value is -2.42. The molecule has 1 aliphatic carbocycles. The molecule has 1 aliphatic rings. The van der Waals surface area contributed by atoms with Gasteiger partial charge in [0.1, 0.15) is 5.41 Å². The van der Waals surface area contributed by atoms with Gasteiger partial charge in [-0.25, -0.2) is 0 Å². The monoisotopic (exact) mass is 350 g/mol. The molecule has 1 saturated carbocycles. The van der Waals surface area contributed by atoms with E-state index in [1.165, 1.54) is 5.56 Å². The summed E-state index contributed by atoms with van der Waals surface area (Å²) in [7, 11) is 0. The highest BCUT2D eigenvalue weighted by Gasteiger charge is 2.48. The number of benzene rings is 2. The van der Waals surface area contributed by atoms with Gasteiger partial charge < -0.3 is 4.74 Å². The molecule has 1 fully saturated rings. The van der Waals surface area contributed by atoms with Gasteiger partial charge in [0.15, 0.2) is 5.78 Å². The van der Waals surface area contributed by atoms with Crippen molar-refractivity contribution in [2.45, 2.75) is 44.9 Å². The quantitative estimate of drug-likeness (QED) is 0.446. The molecular weight excluding hydrogens is 324 g/mol. The second kappa shape index (κ2) is 8.31. The molecule has 0 aromatic heterocycles. The number of carbonyl (C=O) groups is 2. The summed E-state index contributed by atoms with van der Waals surface area (Å²) in [5.41, 5.74) is 1.20. The Labute approximate surface area is 155 Å². The van der Waals surface area contributed by atoms with Crippen molar-refractivity contribution < 1.29 is 14.3 Å². The van der Waals surface area contributed by atoms with E-state index in [9.17, 15) is 9.59 Å². The SMILES string of the molecule is CCOC(=O)[C@]1(Cc2ccccc2)CC[C@H](c2ccccc2)CCC1=O. The molecule has 0 radical (unpaired) electrons. The first-order valence-electron chi connectivity index (χ1n) is 9.45. The van der Waals surface area contributed by atoms with Gasteiger partial charge in [-0.05, 0) is 49.7 Å². The Kier molecular flexibility index (Phi) is 5.87. The molecule has 0 unspecified atom stereocenters. The topological polar surface area (TPSA) is 43.4 Å². The smallest absolute Gasteiger partial charge is 0.319 e. The van der Waals surface area contributed by atoms with Crippen LogP contribution in [0.1, 0.15) is 49.7 Å². The van der Waals surface area contributed by atoms with Gasteiger partial charge in [-0.1, -0.05) is 60.7 Å². The van der Waals surface area contributed by atoms with Crippen LogP contribution >= 0.6 is 0 Å². The maximum atomic E-state index is 13.1. The maximum absolute atomic E-state index is 13.1. The van der Waals surface area contributed by atoms with Gasteiger partial charge in [0.05, 0.1) is 6.61 Å². The Bertz CT molecular complexity index is 739. The van der Waals surface area contributed by atoms with Crippen LogP contribution in [0, 0.1) is 5.41 Å². The van der Waals surface area contributed by atoms with E-state index in [-0.39, 0.29) is 11.8 Å². The number of rotatable bonds is 5. The number of hydrogen-bond donors (Lipinski definition) is 0. The summed E-state index contributed by atoms with van der Waals surface area (Å²) in [5.74, 6) is -0.0203. The lowest BCUT2D eigenvalue weighted by molar-refractivity contribution is -0.160. The highest BCUT2D eigenvalue weighted by molar-refractivity contribution is 6.04.